The van der Waals surface area contributed by atoms with E-state index in [1.165, 1.54) is 0 Å². The SMILES string of the molecule is C=C(Br)CNS(=O)(=O)c1c(C)c(C)cc(N)c1C. The second-order valence-electron chi connectivity index (χ2n) is 4.20. The van der Waals surface area contributed by atoms with Crippen molar-refractivity contribution in [1.82, 2.24) is 4.72 Å². The number of anilines is 1. The predicted octanol–water partition coefficient (Wildman–Crippen LogP) is 2.38. The number of benzene rings is 1. The molecule has 0 unspecified atom stereocenters. The van der Waals surface area contributed by atoms with E-state index in [0.717, 1.165) is 11.1 Å². The van der Waals surface area contributed by atoms with Gasteiger partial charge in [-0.25, -0.2) is 13.1 Å². The van der Waals surface area contributed by atoms with E-state index in [2.05, 4.69) is 27.2 Å². The molecular weight excluding hydrogens is 316 g/mol. The summed E-state index contributed by atoms with van der Waals surface area (Å²) in [5.74, 6) is 0. The molecular formula is C12H17BrN2O2S. The maximum Gasteiger partial charge on any atom is 0.241 e. The minimum atomic E-state index is -3.58. The molecule has 0 spiro atoms. The van der Waals surface area contributed by atoms with Crippen molar-refractivity contribution < 1.29 is 8.42 Å². The second-order valence-corrected chi connectivity index (χ2v) is 7.03. The van der Waals surface area contributed by atoms with Gasteiger partial charge in [0.25, 0.3) is 0 Å². The maximum absolute atomic E-state index is 12.3. The Morgan fingerprint density at radius 3 is 2.44 bits per heavy atom. The molecule has 0 fully saturated rings. The van der Waals surface area contributed by atoms with Crippen LogP contribution in [0.1, 0.15) is 16.7 Å². The smallest absolute Gasteiger partial charge is 0.241 e. The lowest BCUT2D eigenvalue weighted by Crippen LogP contribution is -2.26. The minimum Gasteiger partial charge on any atom is -0.398 e. The van der Waals surface area contributed by atoms with Crippen LogP contribution in [-0.4, -0.2) is 15.0 Å². The first kappa shape index (κ1) is 15.2. The van der Waals surface area contributed by atoms with Crippen molar-refractivity contribution in [3.05, 3.63) is 33.8 Å². The highest BCUT2D eigenvalue weighted by Crippen LogP contribution is 2.27. The molecule has 3 N–H and O–H groups in total. The summed E-state index contributed by atoms with van der Waals surface area (Å²) in [6.07, 6.45) is 0. The Morgan fingerprint density at radius 1 is 1.39 bits per heavy atom. The molecule has 0 aliphatic carbocycles. The van der Waals surface area contributed by atoms with Crippen molar-refractivity contribution in [3.8, 4) is 0 Å². The van der Waals surface area contributed by atoms with E-state index in [0.29, 0.717) is 15.7 Å². The lowest BCUT2D eigenvalue weighted by molar-refractivity contribution is 0.584. The summed E-state index contributed by atoms with van der Waals surface area (Å²) in [6.45, 7) is 9.07. The van der Waals surface area contributed by atoms with Gasteiger partial charge in [0, 0.05) is 16.7 Å². The zero-order valence-electron chi connectivity index (χ0n) is 10.7. The summed E-state index contributed by atoms with van der Waals surface area (Å²) >= 11 is 3.12. The molecule has 1 aromatic rings. The molecule has 18 heavy (non-hydrogen) atoms. The Kier molecular flexibility index (Phi) is 4.58. The van der Waals surface area contributed by atoms with Gasteiger partial charge in [-0.15, -0.1) is 0 Å². The van der Waals surface area contributed by atoms with Gasteiger partial charge in [0.2, 0.25) is 10.0 Å². The van der Waals surface area contributed by atoms with Crippen molar-refractivity contribution in [2.75, 3.05) is 12.3 Å². The first-order chi connectivity index (χ1) is 8.16. The lowest BCUT2D eigenvalue weighted by Gasteiger charge is -2.15. The third kappa shape index (κ3) is 3.13. The third-order valence-electron chi connectivity index (χ3n) is 2.80. The molecule has 0 heterocycles. The zero-order valence-corrected chi connectivity index (χ0v) is 13.1. The predicted molar refractivity (Wildman–Crippen MR) is 78.3 cm³/mol. The lowest BCUT2D eigenvalue weighted by atomic mass is 10.1. The number of hydrogen-bond donors (Lipinski definition) is 2. The number of nitrogen functional groups attached to an aromatic ring is 1. The minimum absolute atomic E-state index is 0.148. The fourth-order valence-corrected chi connectivity index (χ4v) is 3.61. The van der Waals surface area contributed by atoms with E-state index < -0.39 is 10.0 Å². The van der Waals surface area contributed by atoms with Crippen LogP contribution in [0.4, 0.5) is 5.69 Å². The Hall–Kier alpha value is -0.850. The average Bonchev–Trinajstić information content (AvgIpc) is 2.24. The molecule has 0 amide bonds. The fourth-order valence-electron chi connectivity index (χ4n) is 1.69. The van der Waals surface area contributed by atoms with Crippen LogP contribution in [0.25, 0.3) is 0 Å². The van der Waals surface area contributed by atoms with Crippen molar-refractivity contribution in [2.45, 2.75) is 25.7 Å². The van der Waals surface area contributed by atoms with Gasteiger partial charge in [-0.05, 0) is 43.5 Å². The van der Waals surface area contributed by atoms with Crippen LogP contribution in [-0.2, 0) is 10.0 Å². The van der Waals surface area contributed by atoms with Crippen molar-refractivity contribution in [3.63, 3.8) is 0 Å². The summed E-state index contributed by atoms with van der Waals surface area (Å²) < 4.78 is 27.6. The number of aryl methyl sites for hydroxylation is 1. The summed E-state index contributed by atoms with van der Waals surface area (Å²) in [7, 11) is -3.58. The van der Waals surface area contributed by atoms with E-state index >= 15 is 0 Å². The second kappa shape index (κ2) is 5.42. The molecule has 0 aliphatic heterocycles. The van der Waals surface area contributed by atoms with Crippen LogP contribution in [0.3, 0.4) is 0 Å². The van der Waals surface area contributed by atoms with Gasteiger partial charge in [-0.3, -0.25) is 0 Å². The summed E-state index contributed by atoms with van der Waals surface area (Å²) in [4.78, 5) is 0.258. The maximum atomic E-state index is 12.3. The van der Waals surface area contributed by atoms with Gasteiger partial charge >= 0.3 is 0 Å². The molecule has 0 radical (unpaired) electrons. The average molecular weight is 333 g/mol. The number of sulfonamides is 1. The van der Waals surface area contributed by atoms with Gasteiger partial charge in [0.15, 0.2) is 0 Å². The summed E-state index contributed by atoms with van der Waals surface area (Å²) in [5, 5.41) is 0. The molecule has 0 aliphatic rings. The zero-order chi connectivity index (χ0) is 14.1. The van der Waals surface area contributed by atoms with E-state index in [4.69, 9.17) is 5.73 Å². The highest BCUT2D eigenvalue weighted by molar-refractivity contribution is 9.11. The number of nitrogens with one attached hydrogen (secondary N) is 1. The number of nitrogens with two attached hydrogens (primary N) is 1. The third-order valence-corrected chi connectivity index (χ3v) is 4.76. The van der Waals surface area contributed by atoms with E-state index in [9.17, 15) is 8.42 Å². The molecule has 100 valence electrons. The standard InChI is InChI=1S/C12H17BrN2O2S/c1-7-5-11(14)10(4)12(9(7)3)18(16,17)15-6-8(2)13/h5,15H,2,6,14H2,1,3-4H3. The van der Waals surface area contributed by atoms with Crippen LogP contribution < -0.4 is 10.5 Å². The molecule has 0 atom stereocenters. The summed E-state index contributed by atoms with van der Waals surface area (Å²) in [5.41, 5.74) is 8.46. The number of halogens is 1. The fraction of sp³-hybridized carbons (Fsp3) is 0.333. The van der Waals surface area contributed by atoms with Crippen molar-refractivity contribution in [2.24, 2.45) is 0 Å². The van der Waals surface area contributed by atoms with E-state index in [-0.39, 0.29) is 11.4 Å². The van der Waals surface area contributed by atoms with Crippen molar-refractivity contribution in [1.29, 1.82) is 0 Å². The Bertz CT molecular complexity index is 568. The Morgan fingerprint density at radius 2 is 1.94 bits per heavy atom. The molecule has 6 heteroatoms. The number of rotatable bonds is 4. The molecule has 4 nitrogen and oxygen atoms in total. The largest absolute Gasteiger partial charge is 0.398 e. The van der Waals surface area contributed by atoms with Gasteiger partial charge in [-0.2, -0.15) is 0 Å². The normalized spacial score (nSPS) is 11.6. The Balaban J connectivity index is 3.36. The molecule has 0 bridgehead atoms. The molecule has 0 aromatic heterocycles. The first-order valence-electron chi connectivity index (χ1n) is 5.36. The molecule has 1 rings (SSSR count). The van der Waals surface area contributed by atoms with Crippen molar-refractivity contribution >= 4 is 31.6 Å². The Labute approximate surface area is 116 Å². The van der Waals surface area contributed by atoms with Gasteiger partial charge < -0.3 is 5.73 Å². The molecule has 0 saturated carbocycles. The van der Waals surface area contributed by atoms with Gasteiger partial charge in [-0.1, -0.05) is 22.5 Å². The van der Waals surface area contributed by atoms with Crippen LogP contribution in [0.2, 0.25) is 0 Å². The van der Waals surface area contributed by atoms with Crippen LogP contribution >= 0.6 is 15.9 Å². The molecule has 0 saturated heterocycles. The molecule has 1 aromatic carbocycles. The quantitative estimate of drug-likeness (QED) is 0.831. The number of hydrogen-bond acceptors (Lipinski definition) is 3. The van der Waals surface area contributed by atoms with E-state index in [1.54, 1.807) is 19.9 Å². The van der Waals surface area contributed by atoms with Crippen LogP contribution in [0.15, 0.2) is 22.0 Å². The van der Waals surface area contributed by atoms with Gasteiger partial charge in [0.05, 0.1) is 4.90 Å². The van der Waals surface area contributed by atoms with Gasteiger partial charge in [0.1, 0.15) is 0 Å². The highest BCUT2D eigenvalue weighted by Gasteiger charge is 2.21. The first-order valence-corrected chi connectivity index (χ1v) is 7.63. The van der Waals surface area contributed by atoms with Crippen LogP contribution in [0.5, 0.6) is 0 Å². The monoisotopic (exact) mass is 332 g/mol. The summed E-state index contributed by atoms with van der Waals surface area (Å²) in [6, 6.07) is 1.78. The highest BCUT2D eigenvalue weighted by atomic mass is 79.9. The van der Waals surface area contributed by atoms with Crippen LogP contribution in [0, 0.1) is 20.8 Å². The topological polar surface area (TPSA) is 72.2 Å². The van der Waals surface area contributed by atoms with E-state index in [1.807, 2.05) is 6.92 Å².